The number of nitrogens with one attached hydrogen (secondary N) is 1. The number of hydrogen-bond acceptors (Lipinski definition) is 8. The Labute approximate surface area is 336 Å². The van der Waals surface area contributed by atoms with Gasteiger partial charge < -0.3 is 40.3 Å². The lowest BCUT2D eigenvalue weighted by Crippen LogP contribution is -2.60. The molecule has 1 aliphatic heterocycles. The second-order valence-corrected chi connectivity index (χ2v) is 15.8. The van der Waals surface area contributed by atoms with E-state index in [1.165, 1.54) is 116 Å². The maximum Gasteiger partial charge on any atom is 0.220 e. The third kappa shape index (κ3) is 27.6. The van der Waals surface area contributed by atoms with Gasteiger partial charge in [0.25, 0.3) is 0 Å². The Bertz CT molecular complexity index is 956. The van der Waals surface area contributed by atoms with Crippen LogP contribution in [0.5, 0.6) is 0 Å². The Morgan fingerprint density at radius 1 is 0.600 bits per heavy atom. The first-order chi connectivity index (χ1) is 26.8. The maximum atomic E-state index is 12.9. The normalized spacial score (nSPS) is 21.6. The van der Waals surface area contributed by atoms with Gasteiger partial charge in [-0.25, -0.2) is 0 Å². The van der Waals surface area contributed by atoms with Gasteiger partial charge in [-0.3, -0.25) is 4.79 Å². The molecule has 0 aromatic rings. The number of rotatable bonds is 37. The predicted molar refractivity (Wildman–Crippen MR) is 226 cm³/mol. The number of aliphatic hydroxyl groups excluding tert-OH is 5. The van der Waals surface area contributed by atoms with Crippen LogP contribution < -0.4 is 5.32 Å². The highest BCUT2D eigenvalue weighted by Gasteiger charge is 2.44. The van der Waals surface area contributed by atoms with Crippen LogP contribution >= 0.6 is 0 Å². The monoisotopic (exact) mass is 780 g/mol. The number of aliphatic hydroxyl groups is 5. The fourth-order valence-corrected chi connectivity index (χ4v) is 6.99. The topological polar surface area (TPSA) is 149 Å². The summed E-state index contributed by atoms with van der Waals surface area (Å²) in [5.41, 5.74) is 0. The molecule has 1 aliphatic rings. The largest absolute Gasteiger partial charge is 0.394 e. The van der Waals surface area contributed by atoms with Crippen molar-refractivity contribution in [3.05, 3.63) is 36.5 Å². The first kappa shape index (κ1) is 51.4. The van der Waals surface area contributed by atoms with Gasteiger partial charge in [0, 0.05) is 6.42 Å². The number of amides is 1. The van der Waals surface area contributed by atoms with Gasteiger partial charge in [-0.2, -0.15) is 0 Å². The Hall–Kier alpha value is -1.59. The van der Waals surface area contributed by atoms with Gasteiger partial charge in [0.2, 0.25) is 5.91 Å². The maximum absolute atomic E-state index is 12.9. The van der Waals surface area contributed by atoms with Gasteiger partial charge in [-0.1, -0.05) is 166 Å². The fraction of sp³-hybridized carbons (Fsp3) is 0.848. The van der Waals surface area contributed by atoms with E-state index in [0.717, 1.165) is 57.8 Å². The molecule has 0 spiro atoms. The lowest BCUT2D eigenvalue weighted by atomic mass is 9.99. The Morgan fingerprint density at radius 3 is 1.55 bits per heavy atom. The smallest absolute Gasteiger partial charge is 0.220 e. The quantitative estimate of drug-likeness (QED) is 0.0270. The second kappa shape index (κ2) is 36.7. The molecule has 7 unspecified atom stereocenters. The van der Waals surface area contributed by atoms with Gasteiger partial charge in [-0.05, 0) is 57.8 Å². The molecule has 1 rings (SSSR count). The van der Waals surface area contributed by atoms with Crippen molar-refractivity contribution in [3.63, 3.8) is 0 Å². The fourth-order valence-electron chi connectivity index (χ4n) is 6.99. The lowest BCUT2D eigenvalue weighted by molar-refractivity contribution is -0.302. The van der Waals surface area contributed by atoms with E-state index in [1.54, 1.807) is 6.08 Å². The highest BCUT2D eigenvalue weighted by Crippen LogP contribution is 2.22. The number of unbranched alkanes of at least 4 members (excludes halogenated alkanes) is 23. The second-order valence-electron chi connectivity index (χ2n) is 15.8. The standard InChI is InChI=1S/C46H85NO8/c1-3-5-7-9-11-13-15-17-18-19-20-21-22-24-25-27-29-31-33-35-40(49)39(38-54-46-45(53)44(52)43(51)41(37-48)55-46)47-42(50)36-34-32-30-28-26-23-16-14-12-10-8-6-4-2/h14,16,25,27,33,35,39-41,43-46,48-49,51-53H,3-13,15,17-24,26,28-32,34,36-38H2,1-2H3,(H,47,50)/b16-14-,27-25+,35-33+. The van der Waals surface area contributed by atoms with Crippen LogP contribution in [0.25, 0.3) is 0 Å². The van der Waals surface area contributed by atoms with E-state index >= 15 is 0 Å². The minimum absolute atomic E-state index is 0.197. The minimum atomic E-state index is -1.57. The number of hydrogen-bond donors (Lipinski definition) is 6. The van der Waals surface area contributed by atoms with E-state index in [1.807, 2.05) is 6.08 Å². The average Bonchev–Trinajstić information content (AvgIpc) is 3.18. The zero-order valence-corrected chi connectivity index (χ0v) is 35.2. The SMILES string of the molecule is CCCCCC/C=C\CCCCCCCC(=O)NC(COC1OC(CO)C(O)C(O)C1O)C(O)/C=C/CC/C=C/CCCCCCCCCCCCCCC. The summed E-state index contributed by atoms with van der Waals surface area (Å²) in [7, 11) is 0. The van der Waals surface area contributed by atoms with Crippen molar-refractivity contribution < 1.29 is 39.8 Å². The molecule has 0 aliphatic carbocycles. The van der Waals surface area contributed by atoms with Gasteiger partial charge >= 0.3 is 0 Å². The van der Waals surface area contributed by atoms with Crippen molar-refractivity contribution >= 4 is 5.91 Å². The van der Waals surface area contributed by atoms with E-state index in [4.69, 9.17) is 9.47 Å². The summed E-state index contributed by atoms with van der Waals surface area (Å²) in [6, 6.07) is -0.823. The lowest BCUT2D eigenvalue weighted by Gasteiger charge is -2.40. The summed E-state index contributed by atoms with van der Waals surface area (Å²) < 4.78 is 11.2. The molecule has 6 N–H and O–H groups in total. The summed E-state index contributed by atoms with van der Waals surface area (Å²) >= 11 is 0. The predicted octanol–water partition coefficient (Wildman–Crippen LogP) is 9.28. The molecule has 55 heavy (non-hydrogen) atoms. The third-order valence-electron chi connectivity index (χ3n) is 10.7. The molecular weight excluding hydrogens is 695 g/mol. The molecule has 1 saturated heterocycles. The number of allylic oxidation sites excluding steroid dienone is 5. The van der Waals surface area contributed by atoms with Crippen molar-refractivity contribution in [2.45, 2.75) is 236 Å². The van der Waals surface area contributed by atoms with Crippen LogP contribution in [0, 0.1) is 0 Å². The van der Waals surface area contributed by atoms with Crippen LogP contribution in [0.1, 0.15) is 194 Å². The van der Waals surface area contributed by atoms with E-state index < -0.39 is 49.5 Å². The molecule has 0 aromatic heterocycles. The molecule has 0 bridgehead atoms. The van der Waals surface area contributed by atoms with E-state index in [9.17, 15) is 30.3 Å². The molecule has 0 radical (unpaired) electrons. The van der Waals surface area contributed by atoms with Gasteiger partial charge in [0.05, 0.1) is 25.4 Å². The molecular formula is C46H85NO8. The van der Waals surface area contributed by atoms with Crippen molar-refractivity contribution in [2.24, 2.45) is 0 Å². The number of carbonyl (C=O) groups is 1. The molecule has 9 heteroatoms. The molecule has 7 atom stereocenters. The summed E-state index contributed by atoms with van der Waals surface area (Å²) in [6.07, 6.45) is 37.6. The van der Waals surface area contributed by atoms with Crippen LogP contribution in [-0.2, 0) is 14.3 Å². The summed E-state index contributed by atoms with van der Waals surface area (Å²) in [5, 5.41) is 54.1. The molecule has 9 nitrogen and oxygen atoms in total. The van der Waals surface area contributed by atoms with Crippen LogP contribution in [0.2, 0.25) is 0 Å². The third-order valence-corrected chi connectivity index (χ3v) is 10.7. The van der Waals surface area contributed by atoms with Crippen LogP contribution in [0.3, 0.4) is 0 Å². The molecule has 322 valence electrons. The highest BCUT2D eigenvalue weighted by molar-refractivity contribution is 5.76. The Balaban J connectivity index is 2.39. The minimum Gasteiger partial charge on any atom is -0.394 e. The van der Waals surface area contributed by atoms with Gasteiger partial charge in [0.1, 0.15) is 24.4 Å². The molecule has 0 aromatic carbocycles. The summed E-state index contributed by atoms with van der Waals surface area (Å²) in [5.74, 6) is -0.197. The summed E-state index contributed by atoms with van der Waals surface area (Å²) in [4.78, 5) is 12.9. The van der Waals surface area contributed by atoms with Crippen molar-refractivity contribution in [1.29, 1.82) is 0 Å². The summed E-state index contributed by atoms with van der Waals surface area (Å²) in [6.45, 7) is 3.73. The molecule has 0 saturated carbocycles. The van der Waals surface area contributed by atoms with E-state index in [2.05, 4.69) is 43.5 Å². The van der Waals surface area contributed by atoms with Crippen molar-refractivity contribution in [2.75, 3.05) is 13.2 Å². The highest BCUT2D eigenvalue weighted by atomic mass is 16.7. The zero-order chi connectivity index (χ0) is 40.2. The van der Waals surface area contributed by atoms with Crippen molar-refractivity contribution in [3.8, 4) is 0 Å². The number of carbonyl (C=O) groups excluding carboxylic acids is 1. The van der Waals surface area contributed by atoms with Crippen molar-refractivity contribution in [1.82, 2.24) is 5.32 Å². The van der Waals surface area contributed by atoms with Gasteiger partial charge in [-0.15, -0.1) is 0 Å². The van der Waals surface area contributed by atoms with Crippen LogP contribution in [0.15, 0.2) is 36.5 Å². The van der Waals surface area contributed by atoms with E-state index in [0.29, 0.717) is 6.42 Å². The number of ether oxygens (including phenoxy) is 2. The first-order valence-electron chi connectivity index (χ1n) is 22.7. The molecule has 1 amide bonds. The first-order valence-corrected chi connectivity index (χ1v) is 22.7. The molecule has 1 fully saturated rings. The molecule has 1 heterocycles. The van der Waals surface area contributed by atoms with Crippen LogP contribution in [-0.4, -0.2) is 87.5 Å². The Kier molecular flexibility index (Phi) is 34.3. The average molecular weight is 780 g/mol. The zero-order valence-electron chi connectivity index (χ0n) is 35.2. The Morgan fingerprint density at radius 2 is 1.04 bits per heavy atom. The van der Waals surface area contributed by atoms with E-state index in [-0.39, 0.29) is 12.5 Å². The van der Waals surface area contributed by atoms with Crippen LogP contribution in [0.4, 0.5) is 0 Å². The van der Waals surface area contributed by atoms with Gasteiger partial charge in [0.15, 0.2) is 6.29 Å².